The third-order valence-electron chi connectivity index (χ3n) is 4.59. The highest BCUT2D eigenvalue weighted by molar-refractivity contribution is 5.79. The third-order valence-corrected chi connectivity index (χ3v) is 4.59. The Kier molecular flexibility index (Phi) is 4.87. The zero-order valence-electron chi connectivity index (χ0n) is 15.2. The quantitative estimate of drug-likeness (QED) is 0.697. The Balaban J connectivity index is 1.39. The lowest BCUT2D eigenvalue weighted by Crippen LogP contribution is -2.39. The Morgan fingerprint density at radius 1 is 1.15 bits per heavy atom. The van der Waals surface area contributed by atoms with Crippen LogP contribution in [0.4, 0.5) is 0 Å². The van der Waals surface area contributed by atoms with Crippen LogP contribution < -0.4 is 9.47 Å². The minimum Gasteiger partial charge on any atom is -0.494 e. The van der Waals surface area contributed by atoms with Gasteiger partial charge in [-0.15, -0.1) is 0 Å². The molecule has 0 bridgehead atoms. The maximum atomic E-state index is 12.6. The van der Waals surface area contributed by atoms with Crippen molar-refractivity contribution in [3.05, 3.63) is 59.9 Å². The Morgan fingerprint density at radius 3 is 2.70 bits per heavy atom. The molecule has 27 heavy (non-hydrogen) atoms. The summed E-state index contributed by atoms with van der Waals surface area (Å²) in [6.45, 7) is 3.78. The molecule has 0 spiro atoms. The van der Waals surface area contributed by atoms with E-state index in [-0.39, 0.29) is 12.5 Å². The molecule has 1 aliphatic heterocycles. The van der Waals surface area contributed by atoms with E-state index in [1.54, 1.807) is 6.20 Å². The first-order valence-electron chi connectivity index (χ1n) is 9.10. The number of pyridine rings is 2. The van der Waals surface area contributed by atoms with Gasteiger partial charge in [-0.05, 0) is 55.0 Å². The number of aromatic nitrogens is 2. The molecule has 1 aromatic carbocycles. The van der Waals surface area contributed by atoms with E-state index in [0.29, 0.717) is 25.4 Å². The van der Waals surface area contributed by atoms with Crippen LogP contribution in [0.2, 0.25) is 0 Å². The SMILES string of the molecule is CCOc1ccc(OCC(=O)N2CCc3nc4ncccc4cc3C2)cc1. The first-order chi connectivity index (χ1) is 13.2. The summed E-state index contributed by atoms with van der Waals surface area (Å²) in [5.41, 5.74) is 2.86. The van der Waals surface area contributed by atoms with E-state index in [1.807, 2.05) is 48.2 Å². The van der Waals surface area contributed by atoms with Crippen LogP contribution in [0.3, 0.4) is 0 Å². The van der Waals surface area contributed by atoms with Crippen LogP contribution in [0, 0.1) is 0 Å². The average molecular weight is 363 g/mol. The van der Waals surface area contributed by atoms with Crippen molar-refractivity contribution < 1.29 is 14.3 Å². The van der Waals surface area contributed by atoms with E-state index < -0.39 is 0 Å². The summed E-state index contributed by atoms with van der Waals surface area (Å²) in [5, 5.41) is 0.996. The van der Waals surface area contributed by atoms with Crippen LogP contribution in [0.25, 0.3) is 11.0 Å². The van der Waals surface area contributed by atoms with Crippen LogP contribution in [0.5, 0.6) is 11.5 Å². The van der Waals surface area contributed by atoms with Crippen molar-refractivity contribution in [3.63, 3.8) is 0 Å². The molecule has 0 atom stereocenters. The highest BCUT2D eigenvalue weighted by Gasteiger charge is 2.22. The first kappa shape index (κ1) is 17.3. The van der Waals surface area contributed by atoms with Gasteiger partial charge in [0, 0.05) is 36.8 Å². The smallest absolute Gasteiger partial charge is 0.260 e. The van der Waals surface area contributed by atoms with Crippen LogP contribution in [0.15, 0.2) is 48.7 Å². The number of carbonyl (C=O) groups excluding carboxylic acids is 1. The lowest BCUT2D eigenvalue weighted by atomic mass is 10.0. The van der Waals surface area contributed by atoms with Crippen LogP contribution >= 0.6 is 0 Å². The Labute approximate surface area is 157 Å². The summed E-state index contributed by atoms with van der Waals surface area (Å²) in [5.74, 6) is 1.42. The number of hydrogen-bond acceptors (Lipinski definition) is 5. The fraction of sp³-hybridized carbons (Fsp3) is 0.286. The molecule has 0 saturated heterocycles. The summed E-state index contributed by atoms with van der Waals surface area (Å²) in [6, 6.07) is 13.3. The zero-order chi connectivity index (χ0) is 18.6. The Hall–Kier alpha value is -3.15. The van der Waals surface area contributed by atoms with Gasteiger partial charge in [0.25, 0.3) is 5.91 Å². The van der Waals surface area contributed by atoms with E-state index in [9.17, 15) is 4.79 Å². The van der Waals surface area contributed by atoms with Crippen molar-refractivity contribution in [3.8, 4) is 11.5 Å². The van der Waals surface area contributed by atoms with E-state index >= 15 is 0 Å². The average Bonchev–Trinajstić information content (AvgIpc) is 2.71. The lowest BCUT2D eigenvalue weighted by molar-refractivity contribution is -0.134. The minimum absolute atomic E-state index is 0.0197. The lowest BCUT2D eigenvalue weighted by Gasteiger charge is -2.28. The fourth-order valence-corrected chi connectivity index (χ4v) is 3.21. The minimum atomic E-state index is -0.0270. The van der Waals surface area contributed by atoms with Crippen molar-refractivity contribution in [2.24, 2.45) is 0 Å². The van der Waals surface area contributed by atoms with E-state index in [1.165, 1.54) is 0 Å². The zero-order valence-corrected chi connectivity index (χ0v) is 15.2. The van der Waals surface area contributed by atoms with Crippen molar-refractivity contribution >= 4 is 16.9 Å². The number of ether oxygens (including phenoxy) is 2. The number of carbonyl (C=O) groups is 1. The second kappa shape index (κ2) is 7.61. The van der Waals surface area contributed by atoms with Crippen molar-refractivity contribution in [1.29, 1.82) is 0 Å². The summed E-state index contributed by atoms with van der Waals surface area (Å²) in [7, 11) is 0. The van der Waals surface area contributed by atoms with Gasteiger partial charge < -0.3 is 14.4 Å². The van der Waals surface area contributed by atoms with Crippen LogP contribution in [0.1, 0.15) is 18.2 Å². The molecule has 6 heteroatoms. The predicted molar refractivity (Wildman–Crippen MR) is 102 cm³/mol. The van der Waals surface area contributed by atoms with Crippen molar-refractivity contribution in [1.82, 2.24) is 14.9 Å². The molecule has 3 heterocycles. The van der Waals surface area contributed by atoms with Crippen LogP contribution in [-0.4, -0.2) is 40.5 Å². The molecule has 6 nitrogen and oxygen atoms in total. The molecule has 1 amide bonds. The number of nitrogens with zero attached hydrogens (tertiary/aromatic N) is 3. The third kappa shape index (κ3) is 3.84. The number of hydrogen-bond donors (Lipinski definition) is 0. The van der Waals surface area contributed by atoms with Gasteiger partial charge in [0.15, 0.2) is 12.3 Å². The molecule has 3 aromatic rings. The topological polar surface area (TPSA) is 64.6 Å². The molecular weight excluding hydrogens is 342 g/mol. The number of amides is 1. The molecule has 0 saturated carbocycles. The van der Waals surface area contributed by atoms with Crippen molar-refractivity contribution in [2.75, 3.05) is 19.8 Å². The molecule has 0 fully saturated rings. The Bertz CT molecular complexity index is 957. The summed E-state index contributed by atoms with van der Waals surface area (Å²) < 4.78 is 11.0. The molecule has 0 aliphatic carbocycles. The normalized spacial score (nSPS) is 13.3. The molecule has 0 unspecified atom stereocenters. The van der Waals surface area contributed by atoms with Gasteiger partial charge in [0.1, 0.15) is 11.5 Å². The molecule has 4 rings (SSSR count). The molecule has 138 valence electrons. The standard InChI is InChI=1S/C21H21N3O3/c1-2-26-17-5-7-18(8-6-17)27-14-20(25)24-11-9-19-16(13-24)12-15-4-3-10-22-21(15)23-19/h3-8,10,12H,2,9,11,13-14H2,1H3. The van der Waals surface area contributed by atoms with Gasteiger partial charge in [-0.2, -0.15) is 0 Å². The van der Waals surface area contributed by atoms with Gasteiger partial charge in [-0.3, -0.25) is 4.79 Å². The first-order valence-corrected chi connectivity index (χ1v) is 9.10. The summed E-state index contributed by atoms with van der Waals surface area (Å²) in [4.78, 5) is 23.3. The molecule has 0 radical (unpaired) electrons. The molecule has 1 aliphatic rings. The van der Waals surface area contributed by atoms with Crippen LogP contribution in [-0.2, 0) is 17.8 Å². The fourth-order valence-electron chi connectivity index (χ4n) is 3.21. The molecular formula is C21H21N3O3. The van der Waals surface area contributed by atoms with E-state index in [2.05, 4.69) is 16.0 Å². The second-order valence-corrected chi connectivity index (χ2v) is 6.40. The van der Waals surface area contributed by atoms with Gasteiger partial charge >= 0.3 is 0 Å². The van der Waals surface area contributed by atoms with Gasteiger partial charge in [0.2, 0.25) is 0 Å². The highest BCUT2D eigenvalue weighted by atomic mass is 16.5. The van der Waals surface area contributed by atoms with E-state index in [4.69, 9.17) is 9.47 Å². The molecule has 0 N–H and O–H groups in total. The number of benzene rings is 1. The summed E-state index contributed by atoms with van der Waals surface area (Å²) >= 11 is 0. The second-order valence-electron chi connectivity index (χ2n) is 6.40. The number of fused-ring (bicyclic) bond motifs is 2. The Morgan fingerprint density at radius 2 is 1.93 bits per heavy atom. The summed E-state index contributed by atoms with van der Waals surface area (Å²) in [6.07, 6.45) is 2.48. The van der Waals surface area contributed by atoms with E-state index in [0.717, 1.165) is 34.5 Å². The maximum absolute atomic E-state index is 12.6. The van der Waals surface area contributed by atoms with Crippen molar-refractivity contribution in [2.45, 2.75) is 19.9 Å². The van der Waals surface area contributed by atoms with Gasteiger partial charge in [0.05, 0.1) is 6.61 Å². The maximum Gasteiger partial charge on any atom is 0.260 e. The predicted octanol–water partition coefficient (Wildman–Crippen LogP) is 2.99. The monoisotopic (exact) mass is 363 g/mol. The van der Waals surface area contributed by atoms with Gasteiger partial charge in [-0.1, -0.05) is 0 Å². The number of rotatable bonds is 5. The molecule has 2 aromatic heterocycles. The largest absolute Gasteiger partial charge is 0.494 e. The highest BCUT2D eigenvalue weighted by Crippen LogP contribution is 2.22. The van der Waals surface area contributed by atoms with Gasteiger partial charge in [-0.25, -0.2) is 9.97 Å².